The van der Waals surface area contributed by atoms with Crippen molar-refractivity contribution >= 4 is 32.5 Å². The summed E-state index contributed by atoms with van der Waals surface area (Å²) in [6, 6.07) is 8.10. The molecule has 6 heteroatoms. The molecule has 4 nitrogen and oxygen atoms in total. The smallest absolute Gasteiger partial charge is 0.236 e. The third kappa shape index (κ3) is 3.48. The number of aromatic nitrogens is 1. The highest BCUT2D eigenvalue weighted by molar-refractivity contribution is 7.89. The van der Waals surface area contributed by atoms with E-state index in [-0.39, 0.29) is 4.90 Å². The van der Waals surface area contributed by atoms with Crippen molar-refractivity contribution in [3.8, 4) is 11.8 Å². The summed E-state index contributed by atoms with van der Waals surface area (Å²) in [6.07, 6.45) is 0.487. The molecule has 0 radical (unpaired) electrons. The Kier molecular flexibility index (Phi) is 4.61. The molecule has 1 aromatic carbocycles. The molecule has 0 aliphatic carbocycles. The van der Waals surface area contributed by atoms with E-state index in [0.29, 0.717) is 23.6 Å². The number of nitrogens with zero attached hydrogens (tertiary/aromatic N) is 1. The molecule has 20 heavy (non-hydrogen) atoms. The molecular weight excluding hydrogens is 296 g/mol. The third-order valence-corrected chi connectivity index (χ3v) is 4.33. The zero-order valence-corrected chi connectivity index (χ0v) is 12.4. The standard InChI is InChI=1S/C14H13ClN2O2S/c1-2-3-4-9-16-20(18,19)12-6-7-13-11(10-12)5-8-14(15)17-13/h5-8,10,16H,4,9H2,1H3. The summed E-state index contributed by atoms with van der Waals surface area (Å²) in [5.74, 6) is 5.52. The zero-order valence-electron chi connectivity index (χ0n) is 10.9. The minimum atomic E-state index is -3.52. The lowest BCUT2D eigenvalue weighted by atomic mass is 10.2. The van der Waals surface area contributed by atoms with Crippen molar-refractivity contribution in [1.82, 2.24) is 9.71 Å². The van der Waals surface area contributed by atoms with E-state index >= 15 is 0 Å². The molecule has 0 amide bonds. The summed E-state index contributed by atoms with van der Waals surface area (Å²) in [7, 11) is -3.52. The second kappa shape index (κ2) is 6.23. The van der Waals surface area contributed by atoms with E-state index in [9.17, 15) is 8.42 Å². The van der Waals surface area contributed by atoms with E-state index in [0.717, 1.165) is 5.39 Å². The van der Waals surface area contributed by atoms with Crippen LogP contribution >= 0.6 is 11.6 Å². The molecule has 0 atom stereocenters. The molecule has 0 fully saturated rings. The lowest BCUT2D eigenvalue weighted by Gasteiger charge is -2.06. The zero-order chi connectivity index (χ0) is 14.6. The van der Waals surface area contributed by atoms with Crippen LogP contribution in [0, 0.1) is 11.8 Å². The van der Waals surface area contributed by atoms with Crippen molar-refractivity contribution in [1.29, 1.82) is 0 Å². The Morgan fingerprint density at radius 2 is 2.10 bits per heavy atom. The topological polar surface area (TPSA) is 59.1 Å². The predicted octanol–water partition coefficient (Wildman–Crippen LogP) is 2.58. The van der Waals surface area contributed by atoms with Gasteiger partial charge in [0, 0.05) is 18.4 Å². The highest BCUT2D eigenvalue weighted by Gasteiger charge is 2.13. The molecular formula is C14H13ClN2O2S. The van der Waals surface area contributed by atoms with Gasteiger partial charge in [0.15, 0.2) is 0 Å². The van der Waals surface area contributed by atoms with Gasteiger partial charge < -0.3 is 0 Å². The van der Waals surface area contributed by atoms with E-state index in [1.54, 1.807) is 31.2 Å². The lowest BCUT2D eigenvalue weighted by Crippen LogP contribution is -2.24. The van der Waals surface area contributed by atoms with Crippen LogP contribution in [0.5, 0.6) is 0 Å². The fourth-order valence-electron chi connectivity index (χ4n) is 1.70. The summed E-state index contributed by atoms with van der Waals surface area (Å²) in [4.78, 5) is 4.32. The Hall–Kier alpha value is -1.61. The molecule has 1 heterocycles. The first-order valence-corrected chi connectivity index (χ1v) is 7.84. The first-order valence-electron chi connectivity index (χ1n) is 5.98. The number of benzene rings is 1. The van der Waals surface area contributed by atoms with E-state index in [1.807, 2.05) is 0 Å². The first kappa shape index (κ1) is 14.8. The molecule has 1 aromatic heterocycles. The van der Waals surface area contributed by atoms with Crippen molar-refractivity contribution < 1.29 is 8.42 Å². The van der Waals surface area contributed by atoms with Gasteiger partial charge in [0.2, 0.25) is 10.0 Å². The third-order valence-electron chi connectivity index (χ3n) is 2.66. The van der Waals surface area contributed by atoms with Crippen LogP contribution in [-0.2, 0) is 10.0 Å². The van der Waals surface area contributed by atoms with Crippen molar-refractivity contribution in [2.24, 2.45) is 0 Å². The summed E-state index contributed by atoms with van der Waals surface area (Å²) in [5.41, 5.74) is 0.660. The highest BCUT2D eigenvalue weighted by atomic mass is 35.5. The second-order valence-corrected chi connectivity index (χ2v) is 6.22. The molecule has 0 aliphatic heterocycles. The molecule has 0 saturated heterocycles. The van der Waals surface area contributed by atoms with Crippen LogP contribution in [0.25, 0.3) is 10.9 Å². The number of halogens is 1. The fourth-order valence-corrected chi connectivity index (χ4v) is 2.92. The minimum absolute atomic E-state index is 0.207. The summed E-state index contributed by atoms with van der Waals surface area (Å²) >= 11 is 5.79. The highest BCUT2D eigenvalue weighted by Crippen LogP contribution is 2.19. The van der Waals surface area contributed by atoms with Gasteiger partial charge in [-0.05, 0) is 37.3 Å². The van der Waals surface area contributed by atoms with E-state index in [1.165, 1.54) is 6.07 Å². The summed E-state index contributed by atoms with van der Waals surface area (Å²) in [5, 5.41) is 1.11. The van der Waals surface area contributed by atoms with Crippen LogP contribution in [0.4, 0.5) is 0 Å². The Labute approximate surface area is 123 Å². The van der Waals surface area contributed by atoms with Gasteiger partial charge in [0.05, 0.1) is 10.4 Å². The Morgan fingerprint density at radius 1 is 1.30 bits per heavy atom. The van der Waals surface area contributed by atoms with E-state index in [2.05, 4.69) is 21.5 Å². The molecule has 0 bridgehead atoms. The van der Waals surface area contributed by atoms with Gasteiger partial charge in [-0.2, -0.15) is 0 Å². The van der Waals surface area contributed by atoms with Gasteiger partial charge in [0.1, 0.15) is 5.15 Å². The van der Waals surface area contributed by atoms with Crippen LogP contribution in [-0.4, -0.2) is 19.9 Å². The number of hydrogen-bond acceptors (Lipinski definition) is 3. The van der Waals surface area contributed by atoms with Gasteiger partial charge in [-0.1, -0.05) is 11.6 Å². The largest absolute Gasteiger partial charge is 0.240 e. The molecule has 0 saturated carbocycles. The molecule has 1 N–H and O–H groups in total. The second-order valence-electron chi connectivity index (χ2n) is 4.06. The van der Waals surface area contributed by atoms with Crippen molar-refractivity contribution in [2.75, 3.05) is 6.54 Å². The maximum atomic E-state index is 12.1. The number of hydrogen-bond donors (Lipinski definition) is 1. The van der Waals surface area contributed by atoms with Gasteiger partial charge in [-0.15, -0.1) is 11.8 Å². The summed E-state index contributed by atoms with van der Waals surface area (Å²) in [6.45, 7) is 2.01. The number of nitrogens with one attached hydrogen (secondary N) is 1. The average Bonchev–Trinajstić information content (AvgIpc) is 2.43. The molecule has 2 rings (SSSR count). The molecule has 0 unspecified atom stereocenters. The maximum absolute atomic E-state index is 12.1. The van der Waals surface area contributed by atoms with Crippen molar-refractivity contribution in [3.63, 3.8) is 0 Å². The monoisotopic (exact) mass is 308 g/mol. The van der Waals surface area contributed by atoms with E-state index in [4.69, 9.17) is 11.6 Å². The number of rotatable bonds is 4. The number of fused-ring (bicyclic) bond motifs is 1. The van der Waals surface area contributed by atoms with Crippen LogP contribution in [0.1, 0.15) is 13.3 Å². The molecule has 0 spiro atoms. The molecule has 2 aromatic rings. The van der Waals surface area contributed by atoms with Crippen molar-refractivity contribution in [2.45, 2.75) is 18.2 Å². The average molecular weight is 309 g/mol. The van der Waals surface area contributed by atoms with Crippen LogP contribution in [0.15, 0.2) is 35.2 Å². The molecule has 104 valence electrons. The van der Waals surface area contributed by atoms with Crippen molar-refractivity contribution in [3.05, 3.63) is 35.5 Å². The van der Waals surface area contributed by atoms with Crippen LogP contribution in [0.2, 0.25) is 5.15 Å². The van der Waals surface area contributed by atoms with Gasteiger partial charge in [-0.25, -0.2) is 18.1 Å². The van der Waals surface area contributed by atoms with Crippen LogP contribution in [0.3, 0.4) is 0 Å². The minimum Gasteiger partial charge on any atom is -0.236 e. The SMILES string of the molecule is CC#CCCNS(=O)(=O)c1ccc2nc(Cl)ccc2c1. The number of sulfonamides is 1. The van der Waals surface area contributed by atoms with Crippen LogP contribution < -0.4 is 4.72 Å². The van der Waals surface area contributed by atoms with Gasteiger partial charge >= 0.3 is 0 Å². The maximum Gasteiger partial charge on any atom is 0.240 e. The van der Waals surface area contributed by atoms with Gasteiger partial charge in [-0.3, -0.25) is 0 Å². The predicted molar refractivity (Wildman–Crippen MR) is 80.0 cm³/mol. The quantitative estimate of drug-likeness (QED) is 0.536. The number of pyridine rings is 1. The Bertz CT molecular complexity index is 792. The normalized spacial score (nSPS) is 11.1. The molecule has 0 aliphatic rings. The lowest BCUT2D eigenvalue weighted by molar-refractivity contribution is 0.582. The summed E-state index contributed by atoms with van der Waals surface area (Å²) < 4.78 is 26.7. The van der Waals surface area contributed by atoms with Gasteiger partial charge in [0.25, 0.3) is 0 Å². The Morgan fingerprint density at radius 3 is 2.85 bits per heavy atom. The van der Waals surface area contributed by atoms with E-state index < -0.39 is 10.0 Å². The Balaban J connectivity index is 2.27. The fraction of sp³-hybridized carbons (Fsp3) is 0.214. The first-order chi connectivity index (χ1) is 9.53.